The molecule has 0 saturated heterocycles. The van der Waals surface area contributed by atoms with Gasteiger partial charge in [-0.15, -0.1) is 0 Å². The van der Waals surface area contributed by atoms with Crippen molar-refractivity contribution >= 4 is 0 Å². The molecule has 1 aromatic rings. The molecular formula is C11H15F3N2. The number of hydrogen-bond acceptors (Lipinski definition) is 2. The van der Waals surface area contributed by atoms with Gasteiger partial charge < -0.3 is 5.32 Å². The third-order valence-electron chi connectivity index (χ3n) is 2.43. The van der Waals surface area contributed by atoms with Gasteiger partial charge in [-0.05, 0) is 18.7 Å². The average Bonchev–Trinajstić information content (AvgIpc) is 2.25. The molecule has 0 fully saturated rings. The van der Waals surface area contributed by atoms with E-state index in [4.69, 9.17) is 0 Å². The highest BCUT2D eigenvalue weighted by atomic mass is 19.4. The molecular weight excluding hydrogens is 217 g/mol. The molecule has 0 aliphatic carbocycles. The normalized spacial score (nSPS) is 15.8. The van der Waals surface area contributed by atoms with Crippen LogP contribution in [0.4, 0.5) is 13.2 Å². The van der Waals surface area contributed by atoms with Crippen LogP contribution in [0.2, 0.25) is 0 Å². The molecule has 1 rings (SSSR count). The summed E-state index contributed by atoms with van der Waals surface area (Å²) in [6, 6.07) is 3.44. The fraction of sp³-hybridized carbons (Fsp3) is 0.545. The Kier molecular flexibility index (Phi) is 4.29. The minimum absolute atomic E-state index is 0.279. The lowest BCUT2D eigenvalue weighted by atomic mass is 9.97. The number of halogens is 3. The predicted octanol–water partition coefficient (Wildman–Crippen LogP) is 2.73. The van der Waals surface area contributed by atoms with Crippen LogP contribution in [0.5, 0.6) is 0 Å². The molecule has 1 heterocycles. The van der Waals surface area contributed by atoms with Crippen molar-refractivity contribution in [3.8, 4) is 0 Å². The van der Waals surface area contributed by atoms with Gasteiger partial charge in [0.2, 0.25) is 0 Å². The van der Waals surface area contributed by atoms with Crippen molar-refractivity contribution in [3.05, 3.63) is 30.1 Å². The van der Waals surface area contributed by atoms with Crippen molar-refractivity contribution in [1.82, 2.24) is 10.3 Å². The van der Waals surface area contributed by atoms with Crippen molar-refractivity contribution in [2.45, 2.75) is 32.0 Å². The molecule has 0 aliphatic rings. The van der Waals surface area contributed by atoms with E-state index in [9.17, 15) is 13.2 Å². The Morgan fingerprint density at radius 3 is 2.50 bits per heavy atom. The molecule has 1 aromatic heterocycles. The lowest BCUT2D eigenvalue weighted by Gasteiger charge is -2.26. The molecule has 1 N–H and O–H groups in total. The van der Waals surface area contributed by atoms with Crippen LogP contribution in [0.15, 0.2) is 24.4 Å². The molecule has 2 atom stereocenters. The molecule has 0 bridgehead atoms. The molecule has 5 heteroatoms. The molecule has 0 radical (unpaired) electrons. The summed E-state index contributed by atoms with van der Waals surface area (Å²) in [7, 11) is 0. The van der Waals surface area contributed by atoms with Crippen molar-refractivity contribution in [2.24, 2.45) is 0 Å². The van der Waals surface area contributed by atoms with Gasteiger partial charge in [0.15, 0.2) is 0 Å². The van der Waals surface area contributed by atoms with E-state index in [1.165, 1.54) is 13.1 Å². The number of nitrogens with zero attached hydrogens (tertiary/aromatic N) is 1. The second-order valence-electron chi connectivity index (χ2n) is 3.62. The largest absolute Gasteiger partial charge is 0.404 e. The minimum atomic E-state index is -4.26. The van der Waals surface area contributed by atoms with E-state index >= 15 is 0 Å². The number of likely N-dealkylation sites (N-methyl/N-ethyl adjacent to an activating group) is 1. The Morgan fingerprint density at radius 1 is 1.38 bits per heavy atom. The van der Waals surface area contributed by atoms with Gasteiger partial charge in [-0.1, -0.05) is 19.9 Å². The fourth-order valence-corrected chi connectivity index (χ4v) is 1.61. The molecule has 0 aliphatic heterocycles. The van der Waals surface area contributed by atoms with Gasteiger partial charge in [-0.3, -0.25) is 4.98 Å². The van der Waals surface area contributed by atoms with Crippen molar-refractivity contribution in [3.63, 3.8) is 0 Å². The summed E-state index contributed by atoms with van der Waals surface area (Å²) < 4.78 is 38.3. The monoisotopic (exact) mass is 232 g/mol. The number of pyridine rings is 1. The Balaban J connectivity index is 2.87. The second kappa shape index (κ2) is 5.30. The topological polar surface area (TPSA) is 24.9 Å². The van der Waals surface area contributed by atoms with E-state index in [-0.39, 0.29) is 6.54 Å². The van der Waals surface area contributed by atoms with Crippen LogP contribution in [0.3, 0.4) is 0 Å². The molecule has 90 valence electrons. The Morgan fingerprint density at radius 2 is 2.06 bits per heavy atom. The SMILES string of the molecule is CCNC(C(C)c1ccccn1)C(F)(F)F. The highest BCUT2D eigenvalue weighted by Gasteiger charge is 2.43. The van der Waals surface area contributed by atoms with Crippen LogP contribution in [0.25, 0.3) is 0 Å². The maximum atomic E-state index is 12.8. The van der Waals surface area contributed by atoms with Gasteiger partial charge in [0.25, 0.3) is 0 Å². The fourth-order valence-electron chi connectivity index (χ4n) is 1.61. The third-order valence-corrected chi connectivity index (χ3v) is 2.43. The van der Waals surface area contributed by atoms with Crippen molar-refractivity contribution < 1.29 is 13.2 Å². The zero-order valence-corrected chi connectivity index (χ0v) is 9.25. The molecule has 2 unspecified atom stereocenters. The average molecular weight is 232 g/mol. The number of nitrogens with one attached hydrogen (secondary N) is 1. The van der Waals surface area contributed by atoms with Gasteiger partial charge in [-0.25, -0.2) is 0 Å². The van der Waals surface area contributed by atoms with E-state index in [0.29, 0.717) is 5.69 Å². The van der Waals surface area contributed by atoms with Gasteiger partial charge >= 0.3 is 6.18 Å². The van der Waals surface area contributed by atoms with E-state index in [0.717, 1.165) is 0 Å². The molecule has 16 heavy (non-hydrogen) atoms. The highest BCUT2D eigenvalue weighted by Crippen LogP contribution is 2.30. The van der Waals surface area contributed by atoms with Crippen LogP contribution in [0.1, 0.15) is 25.5 Å². The lowest BCUT2D eigenvalue weighted by molar-refractivity contribution is -0.160. The molecule has 0 saturated carbocycles. The number of hydrogen-bond donors (Lipinski definition) is 1. The van der Waals surface area contributed by atoms with Crippen molar-refractivity contribution in [1.29, 1.82) is 0 Å². The Hall–Kier alpha value is -1.10. The number of aromatic nitrogens is 1. The first-order valence-electron chi connectivity index (χ1n) is 5.17. The summed E-state index contributed by atoms with van der Waals surface area (Å²) in [6.45, 7) is 3.47. The summed E-state index contributed by atoms with van der Waals surface area (Å²) in [5, 5.41) is 2.46. The van der Waals surface area contributed by atoms with E-state index in [1.54, 1.807) is 25.1 Å². The number of alkyl halides is 3. The number of rotatable bonds is 4. The summed E-state index contributed by atoms with van der Waals surface area (Å²) in [5.74, 6) is -0.693. The maximum absolute atomic E-state index is 12.8. The van der Waals surface area contributed by atoms with Gasteiger partial charge in [0.1, 0.15) is 6.04 Å². The zero-order chi connectivity index (χ0) is 12.2. The van der Waals surface area contributed by atoms with E-state index in [2.05, 4.69) is 10.3 Å². The Bertz CT molecular complexity index is 311. The smallest absolute Gasteiger partial charge is 0.306 e. The summed E-state index contributed by atoms with van der Waals surface area (Å²) >= 11 is 0. The highest BCUT2D eigenvalue weighted by molar-refractivity contribution is 5.12. The van der Waals surface area contributed by atoms with E-state index < -0.39 is 18.1 Å². The van der Waals surface area contributed by atoms with Gasteiger partial charge in [-0.2, -0.15) is 13.2 Å². The molecule has 2 nitrogen and oxygen atoms in total. The van der Waals surface area contributed by atoms with Crippen LogP contribution in [0, 0.1) is 0 Å². The second-order valence-corrected chi connectivity index (χ2v) is 3.62. The summed E-state index contributed by atoms with van der Waals surface area (Å²) in [5.41, 5.74) is 0.450. The molecule has 0 amide bonds. The molecule has 0 spiro atoms. The van der Waals surface area contributed by atoms with Crippen LogP contribution >= 0.6 is 0 Å². The summed E-state index contributed by atoms with van der Waals surface area (Å²) in [6.07, 6.45) is -2.75. The van der Waals surface area contributed by atoms with Gasteiger partial charge in [0, 0.05) is 17.8 Å². The molecule has 0 aromatic carbocycles. The van der Waals surface area contributed by atoms with Gasteiger partial charge in [0.05, 0.1) is 0 Å². The van der Waals surface area contributed by atoms with E-state index in [1.807, 2.05) is 0 Å². The third kappa shape index (κ3) is 3.20. The quantitative estimate of drug-likeness (QED) is 0.863. The first kappa shape index (κ1) is 13.0. The predicted molar refractivity (Wildman–Crippen MR) is 56.2 cm³/mol. The first-order valence-corrected chi connectivity index (χ1v) is 5.17. The first-order chi connectivity index (χ1) is 7.46. The minimum Gasteiger partial charge on any atom is -0.306 e. The van der Waals surface area contributed by atoms with Crippen LogP contribution in [-0.2, 0) is 0 Å². The lowest BCUT2D eigenvalue weighted by Crippen LogP contribution is -2.45. The standard InChI is InChI=1S/C11H15F3N2/c1-3-15-10(11(12,13)14)8(2)9-6-4-5-7-16-9/h4-8,10,15H,3H2,1-2H3. The Labute approximate surface area is 92.9 Å². The van der Waals surface area contributed by atoms with Crippen LogP contribution in [-0.4, -0.2) is 23.7 Å². The zero-order valence-electron chi connectivity index (χ0n) is 9.25. The summed E-state index contributed by atoms with van der Waals surface area (Å²) in [4.78, 5) is 3.96. The van der Waals surface area contributed by atoms with Crippen LogP contribution < -0.4 is 5.32 Å². The van der Waals surface area contributed by atoms with Crippen molar-refractivity contribution in [2.75, 3.05) is 6.54 Å². The maximum Gasteiger partial charge on any atom is 0.404 e.